The van der Waals surface area contributed by atoms with Crippen LogP contribution in [0.25, 0.3) is 11.0 Å². The number of fused-ring (bicyclic) bond motifs is 1. The number of hydrogen-bond acceptors (Lipinski definition) is 3. The van der Waals surface area contributed by atoms with E-state index in [0.29, 0.717) is 11.8 Å². The van der Waals surface area contributed by atoms with E-state index >= 15 is 0 Å². The Labute approximate surface area is 145 Å². The van der Waals surface area contributed by atoms with Gasteiger partial charge in [0, 0.05) is 35.7 Å². The van der Waals surface area contributed by atoms with Gasteiger partial charge in [-0.1, -0.05) is 6.92 Å². The maximum absolute atomic E-state index is 12.7. The third-order valence-electron chi connectivity index (χ3n) is 5.03. The molecule has 5 heteroatoms. The molecule has 1 aliphatic heterocycles. The first-order chi connectivity index (χ1) is 11.6. The summed E-state index contributed by atoms with van der Waals surface area (Å²) in [7, 11) is 0. The molecule has 3 aromatic rings. The Hall–Kier alpha value is -2.14. The molecule has 1 fully saturated rings. The van der Waals surface area contributed by atoms with Gasteiger partial charge in [-0.05, 0) is 55.0 Å². The number of nitrogens with one attached hydrogen (secondary N) is 1. The number of hydrogen-bond donors (Lipinski definition) is 1. The highest BCUT2D eigenvalue weighted by Gasteiger charge is 2.31. The maximum atomic E-state index is 12.7. The second kappa shape index (κ2) is 6.06. The van der Waals surface area contributed by atoms with Crippen LogP contribution in [0.5, 0.6) is 0 Å². The molecule has 0 spiro atoms. The zero-order valence-electron chi connectivity index (χ0n) is 14.0. The van der Waals surface area contributed by atoms with Crippen LogP contribution in [0.2, 0.25) is 0 Å². The monoisotopic (exact) mass is 339 g/mol. The fourth-order valence-corrected chi connectivity index (χ4v) is 4.62. The van der Waals surface area contributed by atoms with Crippen LogP contribution >= 0.6 is 11.3 Å². The number of thiophene rings is 1. The summed E-state index contributed by atoms with van der Waals surface area (Å²) in [6, 6.07) is 8.09. The van der Waals surface area contributed by atoms with Crippen LogP contribution in [0.4, 0.5) is 0 Å². The first-order valence-electron chi connectivity index (χ1n) is 8.41. The lowest BCUT2D eigenvalue weighted by Crippen LogP contribution is -2.41. The Morgan fingerprint density at radius 3 is 3.00 bits per heavy atom. The van der Waals surface area contributed by atoms with Crippen molar-refractivity contribution in [3.8, 4) is 0 Å². The molecule has 1 amide bonds. The molecule has 124 valence electrons. The molecule has 24 heavy (non-hydrogen) atoms. The van der Waals surface area contributed by atoms with Crippen molar-refractivity contribution in [2.45, 2.75) is 26.2 Å². The van der Waals surface area contributed by atoms with Gasteiger partial charge in [0.2, 0.25) is 0 Å². The number of amides is 1. The van der Waals surface area contributed by atoms with Crippen LogP contribution < -0.4 is 0 Å². The van der Waals surface area contributed by atoms with E-state index in [1.807, 2.05) is 36.2 Å². The van der Waals surface area contributed by atoms with Crippen LogP contribution in [-0.2, 0) is 0 Å². The second-order valence-electron chi connectivity index (χ2n) is 6.68. The molecule has 4 rings (SSSR count). The van der Waals surface area contributed by atoms with E-state index < -0.39 is 0 Å². The molecular formula is C19H21N3OS. The van der Waals surface area contributed by atoms with Crippen molar-refractivity contribution in [1.29, 1.82) is 0 Å². The molecule has 4 heterocycles. The average Bonchev–Trinajstić information content (AvgIpc) is 3.20. The third-order valence-corrected chi connectivity index (χ3v) is 6.01. The number of aromatic nitrogens is 2. The van der Waals surface area contributed by atoms with Crippen molar-refractivity contribution in [1.82, 2.24) is 14.9 Å². The fraction of sp³-hybridized carbons (Fsp3) is 0.368. The Morgan fingerprint density at radius 2 is 2.25 bits per heavy atom. The Morgan fingerprint density at radius 1 is 1.38 bits per heavy atom. The largest absolute Gasteiger partial charge is 0.346 e. The highest BCUT2D eigenvalue weighted by atomic mass is 32.1. The number of likely N-dealkylation sites (tertiary alicyclic amines) is 1. The lowest BCUT2D eigenvalue weighted by molar-refractivity contribution is 0.0666. The van der Waals surface area contributed by atoms with Gasteiger partial charge >= 0.3 is 0 Å². The molecule has 0 aliphatic carbocycles. The van der Waals surface area contributed by atoms with Gasteiger partial charge in [0.05, 0.1) is 4.88 Å². The summed E-state index contributed by atoms with van der Waals surface area (Å²) in [4.78, 5) is 24.4. The summed E-state index contributed by atoms with van der Waals surface area (Å²) < 4.78 is 0. The molecule has 0 saturated carbocycles. The molecular weight excluding hydrogens is 318 g/mol. The van der Waals surface area contributed by atoms with Gasteiger partial charge in [0.15, 0.2) is 0 Å². The molecule has 4 nitrogen and oxygen atoms in total. The Bertz CT molecular complexity index is 882. The molecule has 1 aliphatic rings. The van der Waals surface area contributed by atoms with Gasteiger partial charge in [-0.15, -0.1) is 11.3 Å². The molecule has 1 saturated heterocycles. The lowest BCUT2D eigenvalue weighted by Gasteiger charge is -2.36. The van der Waals surface area contributed by atoms with E-state index in [9.17, 15) is 4.79 Å². The van der Waals surface area contributed by atoms with Gasteiger partial charge in [-0.3, -0.25) is 4.79 Å². The summed E-state index contributed by atoms with van der Waals surface area (Å²) in [5.41, 5.74) is 2.29. The van der Waals surface area contributed by atoms with Crippen molar-refractivity contribution < 1.29 is 4.79 Å². The number of carbonyl (C=O) groups is 1. The quantitative estimate of drug-likeness (QED) is 0.761. The number of piperidine rings is 1. The summed E-state index contributed by atoms with van der Waals surface area (Å²) in [6.45, 7) is 5.92. The van der Waals surface area contributed by atoms with Crippen molar-refractivity contribution in [3.63, 3.8) is 0 Å². The van der Waals surface area contributed by atoms with E-state index in [1.165, 1.54) is 15.8 Å². The second-order valence-corrected chi connectivity index (χ2v) is 7.97. The Balaban J connectivity index is 1.53. The van der Waals surface area contributed by atoms with Gasteiger partial charge in [0.1, 0.15) is 5.65 Å². The van der Waals surface area contributed by atoms with Gasteiger partial charge < -0.3 is 9.88 Å². The predicted octanol–water partition coefficient (Wildman–Crippen LogP) is 4.20. The smallest absolute Gasteiger partial charge is 0.263 e. The number of nitrogens with zero attached hydrogens (tertiary/aromatic N) is 2. The van der Waals surface area contributed by atoms with E-state index in [0.717, 1.165) is 30.0 Å². The number of carbonyl (C=O) groups excluding carboxylic acids is 1. The molecule has 0 radical (unpaired) electrons. The van der Waals surface area contributed by atoms with Gasteiger partial charge in [-0.25, -0.2) is 4.98 Å². The number of H-pyrrole nitrogens is 1. The van der Waals surface area contributed by atoms with Crippen molar-refractivity contribution in [3.05, 3.63) is 52.0 Å². The topological polar surface area (TPSA) is 49.0 Å². The highest BCUT2D eigenvalue weighted by Crippen LogP contribution is 2.36. The standard InChI is InChI=1S/C19H21N3OS/c1-12-11-22(19(23)17-6-5-13(2)24-17)9-7-14(12)16-10-21-18-15(16)4-3-8-20-18/h3-6,8,10,12,14H,7,9,11H2,1-2H3,(H,20,21). The van der Waals surface area contributed by atoms with E-state index in [1.54, 1.807) is 11.3 Å². The van der Waals surface area contributed by atoms with E-state index in [2.05, 4.69) is 29.2 Å². The highest BCUT2D eigenvalue weighted by molar-refractivity contribution is 7.13. The average molecular weight is 339 g/mol. The number of rotatable bonds is 2. The molecule has 0 bridgehead atoms. The molecule has 1 N–H and O–H groups in total. The van der Waals surface area contributed by atoms with Crippen molar-refractivity contribution >= 4 is 28.3 Å². The molecule has 2 atom stereocenters. The van der Waals surface area contributed by atoms with E-state index in [4.69, 9.17) is 0 Å². The summed E-state index contributed by atoms with van der Waals surface area (Å²) in [5.74, 6) is 1.08. The number of pyridine rings is 1. The summed E-state index contributed by atoms with van der Waals surface area (Å²) in [6.07, 6.45) is 4.91. The van der Waals surface area contributed by atoms with Crippen LogP contribution in [0.15, 0.2) is 36.7 Å². The fourth-order valence-electron chi connectivity index (χ4n) is 3.78. The van der Waals surface area contributed by atoms with Crippen LogP contribution in [0, 0.1) is 12.8 Å². The van der Waals surface area contributed by atoms with Crippen LogP contribution in [0.3, 0.4) is 0 Å². The predicted molar refractivity (Wildman–Crippen MR) is 97.6 cm³/mol. The van der Waals surface area contributed by atoms with Gasteiger partial charge in [0.25, 0.3) is 5.91 Å². The third kappa shape index (κ3) is 2.63. The van der Waals surface area contributed by atoms with Crippen LogP contribution in [-0.4, -0.2) is 33.9 Å². The zero-order valence-corrected chi connectivity index (χ0v) is 14.8. The maximum Gasteiger partial charge on any atom is 0.263 e. The number of aryl methyl sites for hydroxylation is 1. The van der Waals surface area contributed by atoms with Gasteiger partial charge in [-0.2, -0.15) is 0 Å². The zero-order chi connectivity index (χ0) is 16.7. The Kier molecular flexibility index (Phi) is 3.88. The molecule has 0 aromatic carbocycles. The summed E-state index contributed by atoms with van der Waals surface area (Å²) in [5, 5.41) is 1.21. The molecule has 3 aromatic heterocycles. The normalized spacial score (nSPS) is 21.3. The first kappa shape index (κ1) is 15.4. The van der Waals surface area contributed by atoms with E-state index in [-0.39, 0.29) is 5.91 Å². The first-order valence-corrected chi connectivity index (χ1v) is 9.23. The number of aromatic amines is 1. The molecule has 2 unspecified atom stereocenters. The lowest BCUT2D eigenvalue weighted by atomic mass is 9.81. The van der Waals surface area contributed by atoms with Crippen molar-refractivity contribution in [2.75, 3.05) is 13.1 Å². The van der Waals surface area contributed by atoms with Crippen LogP contribution in [0.1, 0.15) is 39.4 Å². The minimum Gasteiger partial charge on any atom is -0.346 e. The minimum atomic E-state index is 0.180. The van der Waals surface area contributed by atoms with Crippen molar-refractivity contribution in [2.24, 2.45) is 5.92 Å². The summed E-state index contributed by atoms with van der Waals surface area (Å²) >= 11 is 1.59. The SMILES string of the molecule is Cc1ccc(C(=O)N2CCC(c3c[nH]c4ncccc34)C(C)C2)s1. The minimum absolute atomic E-state index is 0.180.